The van der Waals surface area contributed by atoms with Gasteiger partial charge in [-0.25, -0.2) is 4.98 Å². The quantitative estimate of drug-likeness (QED) is 0.667. The van der Waals surface area contributed by atoms with Crippen molar-refractivity contribution in [3.8, 4) is 0 Å². The first-order valence-corrected chi connectivity index (χ1v) is 5.51. The molecule has 1 unspecified atom stereocenters. The Labute approximate surface area is 99.6 Å². The van der Waals surface area contributed by atoms with Gasteiger partial charge in [-0.3, -0.25) is 9.59 Å². The molecule has 17 heavy (non-hydrogen) atoms. The number of aromatic nitrogens is 2. The maximum atomic E-state index is 11.8. The van der Waals surface area contributed by atoms with Gasteiger partial charge in [0.15, 0.2) is 0 Å². The van der Waals surface area contributed by atoms with E-state index in [2.05, 4.69) is 15.3 Å². The second-order valence-corrected chi connectivity index (χ2v) is 4.04. The van der Waals surface area contributed by atoms with Gasteiger partial charge in [0.1, 0.15) is 5.82 Å². The van der Waals surface area contributed by atoms with Crippen LogP contribution in [-0.4, -0.2) is 22.4 Å². The molecule has 94 valence electrons. The van der Waals surface area contributed by atoms with Gasteiger partial charge in [-0.05, 0) is 20.8 Å². The van der Waals surface area contributed by atoms with Crippen LogP contribution in [0, 0.1) is 13.8 Å². The monoisotopic (exact) mass is 238 g/mol. The van der Waals surface area contributed by atoms with E-state index < -0.39 is 0 Å². The second kappa shape index (κ2) is 5.58. The molecule has 1 amide bonds. The number of nitrogens with two attached hydrogens (primary N) is 1. The highest BCUT2D eigenvalue weighted by Gasteiger charge is 2.13. The largest absolute Gasteiger partial charge is 0.370 e. The molecule has 0 saturated heterocycles. The number of primary amides is 1. The third-order valence-corrected chi connectivity index (χ3v) is 2.52. The van der Waals surface area contributed by atoms with Crippen molar-refractivity contribution in [2.24, 2.45) is 5.73 Å². The minimum atomic E-state index is -0.364. The van der Waals surface area contributed by atoms with E-state index in [1.54, 1.807) is 13.8 Å². The van der Waals surface area contributed by atoms with Crippen molar-refractivity contribution in [2.45, 2.75) is 33.2 Å². The molecule has 0 spiro atoms. The van der Waals surface area contributed by atoms with Crippen LogP contribution in [0.3, 0.4) is 0 Å². The number of aryl methyl sites for hydroxylation is 2. The van der Waals surface area contributed by atoms with Crippen molar-refractivity contribution in [2.75, 3.05) is 6.54 Å². The number of carbonyl (C=O) groups excluding carboxylic acids is 1. The lowest BCUT2D eigenvalue weighted by Crippen LogP contribution is -2.30. The van der Waals surface area contributed by atoms with Crippen LogP contribution < -0.4 is 16.6 Å². The standard InChI is InChI=1S/C11H18N4O2/c1-6(13-5-4-9(12)16)10-7(2)14-8(3)15-11(10)17/h6,13H,4-5H2,1-3H3,(H2,12,16)(H,14,15,17). The summed E-state index contributed by atoms with van der Waals surface area (Å²) in [6, 6.07) is -0.161. The fraction of sp³-hybridized carbons (Fsp3) is 0.545. The lowest BCUT2D eigenvalue weighted by molar-refractivity contribution is -0.117. The van der Waals surface area contributed by atoms with Gasteiger partial charge in [0, 0.05) is 24.7 Å². The van der Waals surface area contributed by atoms with Crippen LogP contribution >= 0.6 is 0 Å². The average molecular weight is 238 g/mol. The number of carbonyl (C=O) groups is 1. The Morgan fingerprint density at radius 2 is 2.18 bits per heavy atom. The Morgan fingerprint density at radius 3 is 2.71 bits per heavy atom. The van der Waals surface area contributed by atoms with Crippen molar-refractivity contribution in [3.05, 3.63) is 27.4 Å². The van der Waals surface area contributed by atoms with E-state index in [9.17, 15) is 9.59 Å². The summed E-state index contributed by atoms with van der Waals surface area (Å²) in [5, 5.41) is 3.07. The highest BCUT2D eigenvalue weighted by Crippen LogP contribution is 2.10. The predicted octanol–water partition coefficient (Wildman–Crippen LogP) is -0.0873. The first-order valence-electron chi connectivity index (χ1n) is 5.51. The summed E-state index contributed by atoms with van der Waals surface area (Å²) in [6.07, 6.45) is 0.251. The van der Waals surface area contributed by atoms with Gasteiger partial charge in [0.2, 0.25) is 5.91 Å². The van der Waals surface area contributed by atoms with Crippen molar-refractivity contribution in [1.82, 2.24) is 15.3 Å². The van der Waals surface area contributed by atoms with Gasteiger partial charge in [-0.15, -0.1) is 0 Å². The normalized spacial score (nSPS) is 12.4. The van der Waals surface area contributed by atoms with Gasteiger partial charge in [-0.1, -0.05) is 0 Å². The predicted molar refractivity (Wildman–Crippen MR) is 64.6 cm³/mol. The Hall–Kier alpha value is -1.69. The minimum Gasteiger partial charge on any atom is -0.370 e. The van der Waals surface area contributed by atoms with Crippen LogP contribution in [0.4, 0.5) is 0 Å². The Balaban J connectivity index is 2.79. The zero-order chi connectivity index (χ0) is 13.0. The third-order valence-electron chi connectivity index (χ3n) is 2.52. The van der Waals surface area contributed by atoms with Gasteiger partial charge in [-0.2, -0.15) is 0 Å². The number of aromatic amines is 1. The molecule has 0 aromatic carbocycles. The number of nitrogens with zero attached hydrogens (tertiary/aromatic N) is 1. The average Bonchev–Trinajstić information content (AvgIpc) is 2.14. The molecule has 1 atom stereocenters. The van der Waals surface area contributed by atoms with Crippen molar-refractivity contribution in [3.63, 3.8) is 0 Å². The molecular weight excluding hydrogens is 220 g/mol. The minimum absolute atomic E-state index is 0.144. The molecule has 0 saturated carbocycles. The zero-order valence-corrected chi connectivity index (χ0v) is 10.3. The maximum Gasteiger partial charge on any atom is 0.255 e. The molecule has 0 bridgehead atoms. The van der Waals surface area contributed by atoms with Gasteiger partial charge in [0.05, 0.1) is 5.56 Å². The molecule has 0 aliphatic carbocycles. The van der Waals surface area contributed by atoms with E-state index >= 15 is 0 Å². The summed E-state index contributed by atoms with van der Waals surface area (Å²) in [5.41, 5.74) is 6.19. The van der Waals surface area contributed by atoms with E-state index in [1.807, 2.05) is 6.92 Å². The van der Waals surface area contributed by atoms with E-state index in [-0.39, 0.29) is 23.9 Å². The summed E-state index contributed by atoms with van der Waals surface area (Å²) >= 11 is 0. The molecular formula is C11H18N4O2. The molecule has 0 aliphatic rings. The van der Waals surface area contributed by atoms with E-state index in [0.717, 1.165) is 0 Å². The van der Waals surface area contributed by atoms with Crippen LogP contribution in [0.15, 0.2) is 4.79 Å². The van der Waals surface area contributed by atoms with Crippen molar-refractivity contribution < 1.29 is 4.79 Å². The first kappa shape index (κ1) is 13.4. The molecule has 0 aliphatic heterocycles. The van der Waals surface area contributed by atoms with Crippen molar-refractivity contribution >= 4 is 5.91 Å². The molecule has 6 nitrogen and oxygen atoms in total. The highest BCUT2D eigenvalue weighted by molar-refractivity contribution is 5.73. The van der Waals surface area contributed by atoms with Crippen LogP contribution in [0.1, 0.15) is 36.5 Å². The van der Waals surface area contributed by atoms with Crippen molar-refractivity contribution in [1.29, 1.82) is 0 Å². The summed E-state index contributed by atoms with van der Waals surface area (Å²) in [5.74, 6) is 0.234. The molecule has 0 radical (unpaired) electrons. The molecule has 4 N–H and O–H groups in total. The summed E-state index contributed by atoms with van der Waals surface area (Å²) < 4.78 is 0. The fourth-order valence-electron chi connectivity index (χ4n) is 1.76. The SMILES string of the molecule is Cc1nc(C)c(C(C)NCCC(N)=O)c(=O)[nH]1. The van der Waals surface area contributed by atoms with E-state index in [4.69, 9.17) is 5.73 Å². The summed E-state index contributed by atoms with van der Waals surface area (Å²) in [4.78, 5) is 29.2. The summed E-state index contributed by atoms with van der Waals surface area (Å²) in [6.45, 7) is 5.84. The van der Waals surface area contributed by atoms with E-state index in [1.165, 1.54) is 0 Å². The molecule has 0 fully saturated rings. The van der Waals surface area contributed by atoms with Crippen LogP contribution in [0.2, 0.25) is 0 Å². The van der Waals surface area contributed by atoms with Gasteiger partial charge < -0.3 is 16.0 Å². The summed E-state index contributed by atoms with van der Waals surface area (Å²) in [7, 11) is 0. The van der Waals surface area contributed by atoms with E-state index in [0.29, 0.717) is 23.6 Å². The third kappa shape index (κ3) is 3.67. The Bertz CT molecular complexity index is 467. The molecule has 6 heteroatoms. The van der Waals surface area contributed by atoms with Crippen LogP contribution in [0.25, 0.3) is 0 Å². The number of H-pyrrole nitrogens is 1. The highest BCUT2D eigenvalue weighted by atomic mass is 16.1. The number of hydrogen-bond acceptors (Lipinski definition) is 4. The van der Waals surface area contributed by atoms with Gasteiger partial charge >= 0.3 is 0 Å². The molecule has 1 rings (SSSR count). The smallest absolute Gasteiger partial charge is 0.255 e. The number of amides is 1. The maximum absolute atomic E-state index is 11.8. The molecule has 1 heterocycles. The Morgan fingerprint density at radius 1 is 1.53 bits per heavy atom. The number of rotatable bonds is 5. The number of nitrogens with one attached hydrogen (secondary N) is 2. The zero-order valence-electron chi connectivity index (χ0n) is 10.3. The van der Waals surface area contributed by atoms with Gasteiger partial charge in [0.25, 0.3) is 5.56 Å². The lowest BCUT2D eigenvalue weighted by atomic mass is 10.1. The number of hydrogen-bond donors (Lipinski definition) is 3. The molecule has 1 aromatic rings. The Kier molecular flexibility index (Phi) is 4.39. The molecule has 1 aromatic heterocycles. The first-order chi connectivity index (χ1) is 7.91. The van der Waals surface area contributed by atoms with Crippen LogP contribution in [-0.2, 0) is 4.79 Å². The topological polar surface area (TPSA) is 101 Å². The fourth-order valence-corrected chi connectivity index (χ4v) is 1.76. The lowest BCUT2D eigenvalue weighted by Gasteiger charge is -2.14. The van der Waals surface area contributed by atoms with Crippen LogP contribution in [0.5, 0.6) is 0 Å². The second-order valence-electron chi connectivity index (χ2n) is 4.04.